The van der Waals surface area contributed by atoms with E-state index in [1.54, 1.807) is 6.07 Å². The van der Waals surface area contributed by atoms with E-state index in [0.717, 1.165) is 12.1 Å². The standard InChI is InChI=1S/C12H13N3/c1-9-2-4-10(5-3-9)6-11-7-12(13)15-8-14-11/h2-5,7-8H,6H2,1H3,(H2,13,14,15). The fourth-order valence-corrected chi connectivity index (χ4v) is 1.43. The first kappa shape index (κ1) is 9.65. The second-order valence-electron chi connectivity index (χ2n) is 3.60. The molecule has 3 heteroatoms. The monoisotopic (exact) mass is 199 g/mol. The van der Waals surface area contributed by atoms with E-state index in [0.29, 0.717) is 5.82 Å². The van der Waals surface area contributed by atoms with Crippen LogP contribution >= 0.6 is 0 Å². The summed E-state index contributed by atoms with van der Waals surface area (Å²) in [5.41, 5.74) is 9.04. The van der Waals surface area contributed by atoms with Crippen LogP contribution in [0.4, 0.5) is 5.82 Å². The zero-order valence-electron chi connectivity index (χ0n) is 8.64. The highest BCUT2D eigenvalue weighted by atomic mass is 14.9. The van der Waals surface area contributed by atoms with Crippen LogP contribution in [-0.2, 0) is 6.42 Å². The van der Waals surface area contributed by atoms with Crippen molar-refractivity contribution in [2.24, 2.45) is 0 Å². The minimum Gasteiger partial charge on any atom is -0.384 e. The molecule has 2 N–H and O–H groups in total. The Balaban J connectivity index is 2.18. The van der Waals surface area contributed by atoms with Gasteiger partial charge in [-0.05, 0) is 12.5 Å². The van der Waals surface area contributed by atoms with Gasteiger partial charge in [0.25, 0.3) is 0 Å². The predicted octanol–water partition coefficient (Wildman–Crippen LogP) is 1.96. The Bertz CT molecular complexity index is 449. The van der Waals surface area contributed by atoms with Gasteiger partial charge in [-0.1, -0.05) is 29.8 Å². The zero-order chi connectivity index (χ0) is 10.7. The van der Waals surface area contributed by atoms with Crippen molar-refractivity contribution in [1.82, 2.24) is 9.97 Å². The zero-order valence-corrected chi connectivity index (χ0v) is 8.64. The highest BCUT2D eigenvalue weighted by Gasteiger charge is 1.98. The van der Waals surface area contributed by atoms with E-state index in [1.165, 1.54) is 17.5 Å². The second kappa shape index (κ2) is 4.09. The summed E-state index contributed by atoms with van der Waals surface area (Å²) in [5, 5.41) is 0. The first-order chi connectivity index (χ1) is 7.24. The van der Waals surface area contributed by atoms with E-state index in [-0.39, 0.29) is 0 Å². The lowest BCUT2D eigenvalue weighted by atomic mass is 10.1. The summed E-state index contributed by atoms with van der Waals surface area (Å²) in [6.45, 7) is 2.08. The average molecular weight is 199 g/mol. The quantitative estimate of drug-likeness (QED) is 0.804. The fraction of sp³-hybridized carbons (Fsp3) is 0.167. The summed E-state index contributed by atoms with van der Waals surface area (Å²) < 4.78 is 0. The molecule has 1 aromatic heterocycles. The molecule has 0 spiro atoms. The van der Waals surface area contributed by atoms with Gasteiger partial charge in [-0.2, -0.15) is 0 Å². The Kier molecular flexibility index (Phi) is 2.63. The molecule has 0 aliphatic carbocycles. The molecular weight excluding hydrogens is 186 g/mol. The Morgan fingerprint density at radius 3 is 2.53 bits per heavy atom. The van der Waals surface area contributed by atoms with Crippen molar-refractivity contribution >= 4 is 5.82 Å². The number of hydrogen-bond donors (Lipinski definition) is 1. The second-order valence-corrected chi connectivity index (χ2v) is 3.60. The number of aromatic nitrogens is 2. The van der Waals surface area contributed by atoms with Crippen molar-refractivity contribution in [2.45, 2.75) is 13.3 Å². The molecule has 3 nitrogen and oxygen atoms in total. The summed E-state index contributed by atoms with van der Waals surface area (Å²) >= 11 is 0. The van der Waals surface area contributed by atoms with Gasteiger partial charge >= 0.3 is 0 Å². The van der Waals surface area contributed by atoms with Crippen LogP contribution < -0.4 is 5.73 Å². The van der Waals surface area contributed by atoms with Crippen LogP contribution in [0.15, 0.2) is 36.7 Å². The fourth-order valence-electron chi connectivity index (χ4n) is 1.43. The van der Waals surface area contributed by atoms with E-state index in [2.05, 4.69) is 41.2 Å². The minimum absolute atomic E-state index is 0.520. The molecule has 2 rings (SSSR count). The summed E-state index contributed by atoms with van der Waals surface area (Å²) in [4.78, 5) is 8.03. The molecule has 1 aromatic carbocycles. The largest absolute Gasteiger partial charge is 0.384 e. The summed E-state index contributed by atoms with van der Waals surface area (Å²) in [6, 6.07) is 10.2. The van der Waals surface area contributed by atoms with Crippen LogP contribution in [0.25, 0.3) is 0 Å². The van der Waals surface area contributed by atoms with Crippen molar-refractivity contribution in [3.8, 4) is 0 Å². The minimum atomic E-state index is 0.520. The maximum atomic E-state index is 5.59. The molecule has 0 aliphatic rings. The van der Waals surface area contributed by atoms with Crippen molar-refractivity contribution in [3.05, 3.63) is 53.5 Å². The molecule has 0 fully saturated rings. The van der Waals surface area contributed by atoms with Crippen LogP contribution in [0, 0.1) is 6.92 Å². The molecule has 0 unspecified atom stereocenters. The van der Waals surface area contributed by atoms with Gasteiger partial charge in [-0.25, -0.2) is 9.97 Å². The van der Waals surface area contributed by atoms with Crippen LogP contribution in [0.1, 0.15) is 16.8 Å². The lowest BCUT2D eigenvalue weighted by Gasteiger charge is -2.02. The normalized spacial score (nSPS) is 10.2. The van der Waals surface area contributed by atoms with Crippen LogP contribution in [0.3, 0.4) is 0 Å². The summed E-state index contributed by atoms with van der Waals surface area (Å²) in [6.07, 6.45) is 2.30. The van der Waals surface area contributed by atoms with E-state index in [9.17, 15) is 0 Å². The van der Waals surface area contributed by atoms with Crippen LogP contribution in [0.5, 0.6) is 0 Å². The highest BCUT2D eigenvalue weighted by molar-refractivity contribution is 5.31. The number of benzene rings is 1. The number of nitrogens with two attached hydrogens (primary N) is 1. The third-order valence-corrected chi connectivity index (χ3v) is 2.25. The number of nitrogens with zero attached hydrogens (tertiary/aromatic N) is 2. The first-order valence-corrected chi connectivity index (χ1v) is 4.86. The SMILES string of the molecule is Cc1ccc(Cc2cc(N)ncn2)cc1. The van der Waals surface area contributed by atoms with Crippen molar-refractivity contribution in [2.75, 3.05) is 5.73 Å². The van der Waals surface area contributed by atoms with Crippen LogP contribution in [0.2, 0.25) is 0 Å². The lowest BCUT2D eigenvalue weighted by Crippen LogP contribution is -1.96. The van der Waals surface area contributed by atoms with Gasteiger partial charge < -0.3 is 5.73 Å². The Hall–Kier alpha value is -1.90. The average Bonchev–Trinajstić information content (AvgIpc) is 2.22. The number of nitrogen functional groups attached to an aromatic ring is 1. The maximum Gasteiger partial charge on any atom is 0.127 e. The predicted molar refractivity (Wildman–Crippen MR) is 60.4 cm³/mol. The molecule has 0 aliphatic heterocycles. The molecule has 76 valence electrons. The molecule has 1 heterocycles. The topological polar surface area (TPSA) is 51.8 Å². The van der Waals surface area contributed by atoms with Gasteiger partial charge in [0.1, 0.15) is 12.1 Å². The maximum absolute atomic E-state index is 5.59. The van der Waals surface area contributed by atoms with E-state index in [4.69, 9.17) is 5.73 Å². The first-order valence-electron chi connectivity index (χ1n) is 4.86. The molecule has 0 radical (unpaired) electrons. The van der Waals surface area contributed by atoms with Gasteiger partial charge in [-0.3, -0.25) is 0 Å². The smallest absolute Gasteiger partial charge is 0.127 e. The van der Waals surface area contributed by atoms with Crippen molar-refractivity contribution in [3.63, 3.8) is 0 Å². The summed E-state index contributed by atoms with van der Waals surface area (Å²) in [5.74, 6) is 0.520. The van der Waals surface area contributed by atoms with Gasteiger partial charge in [0.2, 0.25) is 0 Å². The number of rotatable bonds is 2. The third-order valence-electron chi connectivity index (χ3n) is 2.25. The van der Waals surface area contributed by atoms with E-state index < -0.39 is 0 Å². The van der Waals surface area contributed by atoms with Gasteiger partial charge in [0.15, 0.2) is 0 Å². The van der Waals surface area contributed by atoms with Crippen molar-refractivity contribution in [1.29, 1.82) is 0 Å². The molecule has 15 heavy (non-hydrogen) atoms. The number of hydrogen-bond acceptors (Lipinski definition) is 3. The molecule has 0 saturated carbocycles. The molecule has 0 saturated heterocycles. The Morgan fingerprint density at radius 1 is 1.13 bits per heavy atom. The van der Waals surface area contributed by atoms with Gasteiger partial charge in [-0.15, -0.1) is 0 Å². The number of aryl methyl sites for hydroxylation is 1. The van der Waals surface area contributed by atoms with E-state index in [1.807, 2.05) is 0 Å². The summed E-state index contributed by atoms with van der Waals surface area (Å²) in [7, 11) is 0. The molecule has 0 bridgehead atoms. The van der Waals surface area contributed by atoms with Crippen molar-refractivity contribution < 1.29 is 0 Å². The Morgan fingerprint density at radius 2 is 1.87 bits per heavy atom. The van der Waals surface area contributed by atoms with E-state index >= 15 is 0 Å². The molecular formula is C12H13N3. The molecule has 0 atom stereocenters. The molecule has 2 aromatic rings. The van der Waals surface area contributed by atoms with Gasteiger partial charge in [0.05, 0.1) is 5.69 Å². The third kappa shape index (κ3) is 2.53. The highest BCUT2D eigenvalue weighted by Crippen LogP contribution is 2.09. The molecule has 0 amide bonds. The lowest BCUT2D eigenvalue weighted by molar-refractivity contribution is 1.03. The van der Waals surface area contributed by atoms with Crippen LogP contribution in [-0.4, -0.2) is 9.97 Å². The van der Waals surface area contributed by atoms with Gasteiger partial charge in [0, 0.05) is 12.5 Å². The Labute approximate surface area is 89.0 Å². The number of anilines is 1.